The van der Waals surface area contributed by atoms with Crippen molar-refractivity contribution in [1.29, 1.82) is 0 Å². The van der Waals surface area contributed by atoms with Gasteiger partial charge >= 0.3 is 0 Å². The zero-order valence-corrected chi connectivity index (χ0v) is 18.6. The molecule has 5 rings (SSSR count). The van der Waals surface area contributed by atoms with Gasteiger partial charge in [0.2, 0.25) is 0 Å². The summed E-state index contributed by atoms with van der Waals surface area (Å²) in [6, 6.07) is 31.6. The van der Waals surface area contributed by atoms with Crippen LogP contribution in [0.5, 0.6) is 0 Å². The lowest BCUT2D eigenvalue weighted by atomic mass is 9.70. The number of hydrogen-bond donors (Lipinski definition) is 1. The van der Waals surface area contributed by atoms with E-state index in [2.05, 4.69) is 117 Å². The minimum Gasteiger partial charge on any atom is -0.297 e. The van der Waals surface area contributed by atoms with Crippen molar-refractivity contribution in [2.24, 2.45) is 16.7 Å². The Kier molecular flexibility index (Phi) is 4.67. The number of nitrogens with one attached hydrogen (secondary N) is 1. The Hall–Kier alpha value is -2.71. The van der Waals surface area contributed by atoms with E-state index >= 15 is 0 Å². The van der Waals surface area contributed by atoms with E-state index in [0.29, 0.717) is 11.7 Å². The quantitative estimate of drug-likeness (QED) is 0.527. The highest BCUT2D eigenvalue weighted by Crippen LogP contribution is 2.64. The van der Waals surface area contributed by atoms with E-state index in [0.717, 1.165) is 29.5 Å². The number of hydrogen-bond acceptors (Lipinski definition) is 2. The summed E-state index contributed by atoms with van der Waals surface area (Å²) in [6.07, 6.45) is 2.10. The molecule has 2 heteroatoms. The van der Waals surface area contributed by atoms with Crippen LogP contribution in [-0.4, -0.2) is 11.8 Å². The molecule has 2 aliphatic rings. The van der Waals surface area contributed by atoms with Crippen LogP contribution in [0, 0.1) is 16.7 Å². The molecular weight excluding hydrogens is 378 g/mol. The second-order valence-corrected chi connectivity index (χ2v) is 10.0. The highest BCUT2D eigenvalue weighted by molar-refractivity contribution is 5.94. The molecule has 3 atom stereocenters. The number of rotatable bonds is 5. The number of benzene rings is 3. The first-order chi connectivity index (χ1) is 14.9. The van der Waals surface area contributed by atoms with Crippen LogP contribution in [0.3, 0.4) is 0 Å². The Balaban J connectivity index is 1.73. The van der Waals surface area contributed by atoms with Gasteiger partial charge in [0.1, 0.15) is 0 Å². The monoisotopic (exact) mass is 409 g/mol. The van der Waals surface area contributed by atoms with Gasteiger partial charge in [-0.3, -0.25) is 10.1 Å². The Morgan fingerprint density at radius 1 is 0.742 bits per heavy atom. The maximum absolute atomic E-state index is 13.8. The maximum Gasteiger partial charge on any atom is 0.156 e. The molecule has 2 nitrogen and oxygen atoms in total. The smallest absolute Gasteiger partial charge is 0.156 e. The van der Waals surface area contributed by atoms with Gasteiger partial charge in [0.15, 0.2) is 5.78 Å². The molecule has 0 spiro atoms. The van der Waals surface area contributed by atoms with Gasteiger partial charge in [0.05, 0.1) is 11.6 Å². The van der Waals surface area contributed by atoms with Gasteiger partial charge in [-0.05, 0) is 40.9 Å². The lowest BCUT2D eigenvalue weighted by Gasteiger charge is -2.41. The third-order valence-electron chi connectivity index (χ3n) is 8.53. The van der Waals surface area contributed by atoms with E-state index < -0.39 is 5.54 Å². The molecule has 1 N–H and O–H groups in total. The topological polar surface area (TPSA) is 29.1 Å². The molecule has 0 radical (unpaired) electrons. The molecule has 2 aliphatic carbocycles. The predicted octanol–water partition coefficient (Wildman–Crippen LogP) is 5.96. The van der Waals surface area contributed by atoms with Crippen molar-refractivity contribution < 1.29 is 4.79 Å². The first kappa shape index (κ1) is 20.2. The molecule has 2 saturated carbocycles. The van der Waals surface area contributed by atoms with Crippen molar-refractivity contribution in [1.82, 2.24) is 5.32 Å². The molecule has 2 fully saturated rings. The van der Waals surface area contributed by atoms with Gasteiger partial charge < -0.3 is 0 Å². The molecule has 3 aromatic rings. The highest BCUT2D eigenvalue weighted by Gasteiger charge is 2.67. The molecule has 0 heterocycles. The van der Waals surface area contributed by atoms with Crippen LogP contribution in [0.4, 0.5) is 0 Å². The lowest BCUT2D eigenvalue weighted by Crippen LogP contribution is -2.55. The predicted molar refractivity (Wildman–Crippen MR) is 126 cm³/mol. The summed E-state index contributed by atoms with van der Waals surface area (Å²) in [4.78, 5) is 13.8. The standard InChI is InChI=1S/C29H31NO/c1-27(2)24-19-20-28(27,3)26(31)25(24)30-29(21-13-7-4-8-14-21,22-15-9-5-10-16-22)23-17-11-6-12-18-23/h4-18,24-25,30H,19-20H2,1-3H3/t24-,25+,28+/m0/s1. The maximum atomic E-state index is 13.8. The Morgan fingerprint density at radius 3 is 1.52 bits per heavy atom. The normalized spacial score (nSPS) is 26.9. The zero-order chi connectivity index (χ0) is 21.7. The van der Waals surface area contributed by atoms with E-state index in [9.17, 15) is 4.79 Å². The number of Topliss-reactive ketones (excluding diaryl/α,β-unsaturated/α-hetero) is 1. The van der Waals surface area contributed by atoms with Crippen molar-refractivity contribution in [3.63, 3.8) is 0 Å². The average Bonchev–Trinajstić information content (AvgIpc) is 3.12. The SMILES string of the molecule is CC1(C)[C@H]2CC[C@]1(C)C(=O)[C@@H]2NC(c1ccccc1)(c1ccccc1)c1ccccc1. The lowest BCUT2D eigenvalue weighted by molar-refractivity contribution is -0.130. The molecule has 0 aromatic heterocycles. The van der Waals surface area contributed by atoms with Gasteiger partial charge in [-0.2, -0.15) is 0 Å². The minimum absolute atomic E-state index is 0.00243. The summed E-state index contributed by atoms with van der Waals surface area (Å²) in [6.45, 7) is 6.77. The molecule has 0 unspecified atom stereocenters. The summed E-state index contributed by atoms with van der Waals surface area (Å²) in [5, 5.41) is 3.99. The first-order valence-electron chi connectivity index (χ1n) is 11.4. The molecule has 0 aliphatic heterocycles. The summed E-state index contributed by atoms with van der Waals surface area (Å²) in [5.74, 6) is 0.710. The molecule has 0 saturated heterocycles. The zero-order valence-electron chi connectivity index (χ0n) is 18.6. The van der Waals surface area contributed by atoms with Crippen LogP contribution in [0.25, 0.3) is 0 Å². The van der Waals surface area contributed by atoms with Gasteiger partial charge in [-0.25, -0.2) is 0 Å². The van der Waals surface area contributed by atoms with Gasteiger partial charge in [0, 0.05) is 5.41 Å². The Labute approximate surface area is 185 Å². The molecule has 0 amide bonds. The van der Waals surface area contributed by atoms with Crippen LogP contribution in [0.1, 0.15) is 50.3 Å². The summed E-state index contributed by atoms with van der Waals surface area (Å²) in [7, 11) is 0. The number of ketones is 1. The fourth-order valence-corrected chi connectivity index (χ4v) is 6.30. The van der Waals surface area contributed by atoms with Crippen molar-refractivity contribution in [3.8, 4) is 0 Å². The van der Waals surface area contributed by atoms with Crippen molar-refractivity contribution in [3.05, 3.63) is 108 Å². The second kappa shape index (κ2) is 7.17. The summed E-state index contributed by atoms with van der Waals surface area (Å²) < 4.78 is 0. The molecule has 31 heavy (non-hydrogen) atoms. The van der Waals surface area contributed by atoms with Crippen LogP contribution in [-0.2, 0) is 10.3 Å². The molecule has 2 bridgehead atoms. The third-order valence-corrected chi connectivity index (χ3v) is 8.53. The van der Waals surface area contributed by atoms with Crippen LogP contribution >= 0.6 is 0 Å². The van der Waals surface area contributed by atoms with Gasteiger partial charge in [-0.1, -0.05) is 112 Å². The van der Waals surface area contributed by atoms with Crippen molar-refractivity contribution >= 4 is 5.78 Å². The van der Waals surface area contributed by atoms with E-state index in [-0.39, 0.29) is 16.9 Å². The second-order valence-electron chi connectivity index (χ2n) is 10.0. The Bertz CT molecular complexity index is 977. The van der Waals surface area contributed by atoms with Crippen LogP contribution in [0.2, 0.25) is 0 Å². The number of fused-ring (bicyclic) bond motifs is 2. The van der Waals surface area contributed by atoms with E-state index in [1.165, 1.54) is 0 Å². The van der Waals surface area contributed by atoms with Crippen molar-refractivity contribution in [2.45, 2.75) is 45.2 Å². The Morgan fingerprint density at radius 2 is 1.16 bits per heavy atom. The molecular formula is C29H31NO. The number of carbonyl (C=O) groups excluding carboxylic acids is 1. The van der Waals surface area contributed by atoms with Crippen molar-refractivity contribution in [2.75, 3.05) is 0 Å². The average molecular weight is 410 g/mol. The largest absolute Gasteiger partial charge is 0.297 e. The highest BCUT2D eigenvalue weighted by atomic mass is 16.1. The van der Waals surface area contributed by atoms with E-state index in [1.807, 2.05) is 0 Å². The molecule has 158 valence electrons. The van der Waals surface area contributed by atoms with E-state index in [1.54, 1.807) is 0 Å². The van der Waals surface area contributed by atoms with E-state index in [4.69, 9.17) is 0 Å². The van der Waals surface area contributed by atoms with Crippen LogP contribution < -0.4 is 5.32 Å². The number of carbonyl (C=O) groups is 1. The first-order valence-corrected chi connectivity index (χ1v) is 11.4. The molecule has 3 aromatic carbocycles. The third kappa shape index (κ3) is 2.78. The van der Waals surface area contributed by atoms with Gasteiger partial charge in [0.25, 0.3) is 0 Å². The fourth-order valence-electron chi connectivity index (χ4n) is 6.30. The fraction of sp³-hybridized carbons (Fsp3) is 0.345. The summed E-state index contributed by atoms with van der Waals surface area (Å²) in [5.41, 5.74) is 2.62. The van der Waals surface area contributed by atoms with Crippen LogP contribution in [0.15, 0.2) is 91.0 Å². The summed E-state index contributed by atoms with van der Waals surface area (Å²) >= 11 is 0. The van der Waals surface area contributed by atoms with Gasteiger partial charge in [-0.15, -0.1) is 0 Å². The minimum atomic E-state index is -0.596.